The first-order valence-electron chi connectivity index (χ1n) is 6.11. The summed E-state index contributed by atoms with van der Waals surface area (Å²) in [6.45, 7) is 6.06. The van der Waals surface area contributed by atoms with E-state index in [0.717, 1.165) is 29.5 Å². The van der Waals surface area contributed by atoms with E-state index in [0.29, 0.717) is 0 Å². The van der Waals surface area contributed by atoms with Crippen molar-refractivity contribution in [3.05, 3.63) is 52.3 Å². The Balaban J connectivity index is 0.00000180. The molecule has 19 heavy (non-hydrogen) atoms. The molecule has 1 heterocycles. The molecule has 0 radical (unpaired) electrons. The van der Waals surface area contributed by atoms with E-state index >= 15 is 0 Å². The molecule has 0 saturated heterocycles. The van der Waals surface area contributed by atoms with E-state index in [1.807, 2.05) is 6.07 Å². The molecular weight excluding hydrogens is 375 g/mol. The van der Waals surface area contributed by atoms with Crippen molar-refractivity contribution in [2.75, 3.05) is 0 Å². The van der Waals surface area contributed by atoms with Crippen LogP contribution in [0.15, 0.2) is 35.1 Å². The number of rotatable bonds is 4. The molecule has 2 nitrogen and oxygen atoms in total. The van der Waals surface area contributed by atoms with E-state index in [2.05, 4.69) is 51.3 Å². The Morgan fingerprint density at radius 2 is 2.11 bits per heavy atom. The van der Waals surface area contributed by atoms with E-state index < -0.39 is 0 Å². The van der Waals surface area contributed by atoms with Crippen LogP contribution in [-0.2, 0) is 13.1 Å². The van der Waals surface area contributed by atoms with Crippen LogP contribution in [0.2, 0.25) is 0 Å². The minimum atomic E-state index is -0.212. The second kappa shape index (κ2) is 7.20. The predicted octanol–water partition coefficient (Wildman–Crippen LogP) is 4.02. The molecule has 104 valence electrons. The van der Waals surface area contributed by atoms with Crippen molar-refractivity contribution in [1.29, 1.82) is 0 Å². The maximum Gasteiger partial charge on any atom is 0.253 e. The van der Waals surface area contributed by atoms with Gasteiger partial charge in [-0.25, -0.2) is 13.5 Å². The van der Waals surface area contributed by atoms with Crippen LogP contribution < -0.4 is 4.57 Å². The zero-order chi connectivity index (χ0) is 13.1. The van der Waals surface area contributed by atoms with E-state index in [4.69, 9.17) is 0 Å². The third-order valence-corrected chi connectivity index (χ3v) is 3.82. The Kier molecular flexibility index (Phi) is 6.20. The van der Waals surface area contributed by atoms with Gasteiger partial charge in [-0.05, 0) is 18.6 Å². The van der Waals surface area contributed by atoms with Gasteiger partial charge >= 0.3 is 0 Å². The zero-order valence-corrected chi connectivity index (χ0v) is 14.4. The van der Waals surface area contributed by atoms with Crippen LogP contribution in [0, 0.1) is 12.7 Å². The smallest absolute Gasteiger partial charge is 0.234 e. The fourth-order valence-electron chi connectivity index (χ4n) is 2.02. The van der Waals surface area contributed by atoms with Crippen LogP contribution in [0.1, 0.15) is 24.7 Å². The summed E-state index contributed by atoms with van der Waals surface area (Å²) in [5, 5.41) is 0. The summed E-state index contributed by atoms with van der Waals surface area (Å²) in [7, 11) is 0. The highest BCUT2D eigenvalue weighted by molar-refractivity contribution is 9.10. The van der Waals surface area contributed by atoms with Gasteiger partial charge in [-0.1, -0.05) is 28.9 Å². The summed E-state index contributed by atoms with van der Waals surface area (Å²) in [4.78, 5) is 0. The summed E-state index contributed by atoms with van der Waals surface area (Å²) in [5.41, 5.74) is 1.08. The van der Waals surface area contributed by atoms with Gasteiger partial charge in [0.05, 0.1) is 6.54 Å². The average molecular weight is 393 g/mol. The van der Waals surface area contributed by atoms with Crippen molar-refractivity contribution in [2.24, 2.45) is 0 Å². The fraction of sp³-hybridized carbons (Fsp3) is 0.357. The van der Waals surface area contributed by atoms with E-state index in [1.54, 1.807) is 0 Å². The fourth-order valence-corrected chi connectivity index (χ4v) is 2.50. The summed E-state index contributed by atoms with van der Waals surface area (Å²) in [6, 6.07) is 4.83. The minimum absolute atomic E-state index is 0. The third-order valence-electron chi connectivity index (χ3n) is 3.08. The molecule has 0 aliphatic carbocycles. The Bertz CT molecular complexity index is 552. The van der Waals surface area contributed by atoms with Crippen LogP contribution in [0.25, 0.3) is 0 Å². The highest BCUT2D eigenvalue weighted by Gasteiger charge is 2.13. The number of aryl methyl sites for hydroxylation is 1. The van der Waals surface area contributed by atoms with Crippen molar-refractivity contribution in [3.8, 4) is 0 Å². The quantitative estimate of drug-likeness (QED) is 0.695. The number of aromatic nitrogens is 2. The Labute approximate surface area is 132 Å². The monoisotopic (exact) mass is 391 g/mol. The molecule has 1 aromatic carbocycles. The first-order valence-corrected chi connectivity index (χ1v) is 6.90. The number of hydrogen-bond acceptors (Lipinski definition) is 0. The van der Waals surface area contributed by atoms with Gasteiger partial charge in [0, 0.05) is 17.0 Å². The lowest BCUT2D eigenvalue weighted by atomic mass is 10.2. The first kappa shape index (κ1) is 16.4. The van der Waals surface area contributed by atoms with Gasteiger partial charge in [0.15, 0.2) is 0 Å². The second-order valence-corrected chi connectivity index (χ2v) is 5.26. The minimum Gasteiger partial charge on any atom is -0.234 e. The zero-order valence-electron chi connectivity index (χ0n) is 11.1. The van der Waals surface area contributed by atoms with E-state index in [9.17, 15) is 4.39 Å². The predicted molar refractivity (Wildman–Crippen MR) is 83.2 cm³/mol. The summed E-state index contributed by atoms with van der Waals surface area (Å²) in [5.74, 6) is 1.00. The topological polar surface area (TPSA) is 8.81 Å². The van der Waals surface area contributed by atoms with Crippen molar-refractivity contribution in [1.82, 2.24) is 4.57 Å². The molecule has 0 spiro atoms. The molecule has 1 aromatic heterocycles. The van der Waals surface area contributed by atoms with Crippen LogP contribution in [0.5, 0.6) is 0 Å². The lowest BCUT2D eigenvalue weighted by Crippen LogP contribution is -2.36. The maximum atomic E-state index is 13.0. The largest absolute Gasteiger partial charge is 0.253 e. The number of benzene rings is 1. The van der Waals surface area contributed by atoms with Gasteiger partial charge < -0.3 is 0 Å². The van der Waals surface area contributed by atoms with Crippen LogP contribution in [0.4, 0.5) is 4.39 Å². The van der Waals surface area contributed by atoms with Crippen LogP contribution >= 0.6 is 32.9 Å². The Hall–Kier alpha value is -0.680. The van der Waals surface area contributed by atoms with Crippen LogP contribution in [-0.4, -0.2) is 4.57 Å². The summed E-state index contributed by atoms with van der Waals surface area (Å²) in [6.07, 6.45) is 5.28. The standard InChI is InChI=1S/C14H17BrFN2.BrH/c1-3-6-17-7-8-18(11(17)2)10-12-4-5-13(16)9-14(12)15;/h4-5,7-9H,3,6,10H2,1-2H3;1H/q+1;. The summed E-state index contributed by atoms with van der Waals surface area (Å²) < 4.78 is 18.3. The molecule has 0 aliphatic rings. The van der Waals surface area contributed by atoms with Gasteiger partial charge in [-0.15, -0.1) is 17.0 Å². The van der Waals surface area contributed by atoms with Crippen molar-refractivity contribution < 1.29 is 8.96 Å². The van der Waals surface area contributed by atoms with Crippen molar-refractivity contribution in [3.63, 3.8) is 0 Å². The molecule has 0 fully saturated rings. The molecule has 0 saturated carbocycles. The molecule has 0 unspecified atom stereocenters. The molecular formula is C14H18Br2FN2+. The molecule has 2 aromatic rings. The molecule has 5 heteroatoms. The van der Waals surface area contributed by atoms with Crippen molar-refractivity contribution >= 4 is 32.9 Å². The highest BCUT2D eigenvalue weighted by atomic mass is 79.9. The lowest BCUT2D eigenvalue weighted by molar-refractivity contribution is -0.694. The molecule has 0 N–H and O–H groups in total. The van der Waals surface area contributed by atoms with Gasteiger partial charge in [0.2, 0.25) is 0 Å². The first-order chi connectivity index (χ1) is 8.61. The summed E-state index contributed by atoms with van der Waals surface area (Å²) >= 11 is 3.41. The molecule has 0 amide bonds. The maximum absolute atomic E-state index is 13.0. The molecule has 0 bridgehead atoms. The average Bonchev–Trinajstić information content (AvgIpc) is 2.66. The van der Waals surface area contributed by atoms with Crippen LogP contribution in [0.3, 0.4) is 0 Å². The lowest BCUT2D eigenvalue weighted by Gasteiger charge is -2.04. The highest BCUT2D eigenvalue weighted by Crippen LogP contribution is 2.17. The second-order valence-electron chi connectivity index (χ2n) is 4.40. The Morgan fingerprint density at radius 1 is 1.37 bits per heavy atom. The SMILES string of the molecule is Br.CCCn1cc[n+](Cc2ccc(F)cc2Br)c1C. The van der Waals surface area contributed by atoms with Crippen molar-refractivity contribution in [2.45, 2.75) is 33.4 Å². The van der Waals surface area contributed by atoms with E-state index in [1.165, 1.54) is 18.0 Å². The number of hydrogen-bond donors (Lipinski definition) is 0. The Morgan fingerprint density at radius 3 is 2.74 bits per heavy atom. The van der Waals surface area contributed by atoms with Gasteiger partial charge in [0.25, 0.3) is 5.82 Å². The molecule has 0 atom stereocenters. The molecule has 2 rings (SSSR count). The van der Waals surface area contributed by atoms with E-state index in [-0.39, 0.29) is 22.8 Å². The molecule has 0 aliphatic heterocycles. The van der Waals surface area contributed by atoms with Gasteiger partial charge in [-0.3, -0.25) is 0 Å². The number of halogens is 3. The van der Waals surface area contributed by atoms with Gasteiger partial charge in [0.1, 0.15) is 24.8 Å². The number of imidazole rings is 1. The normalized spacial score (nSPS) is 10.3. The van der Waals surface area contributed by atoms with Gasteiger partial charge in [-0.2, -0.15) is 0 Å². The third kappa shape index (κ3) is 3.89. The number of nitrogens with zero attached hydrogens (tertiary/aromatic N) is 2.